The minimum Gasteiger partial charge on any atom is -0.491 e. The summed E-state index contributed by atoms with van der Waals surface area (Å²) in [7, 11) is 1.94. The summed E-state index contributed by atoms with van der Waals surface area (Å²) in [5.41, 5.74) is 1.26. The van der Waals surface area contributed by atoms with E-state index in [0.717, 1.165) is 18.7 Å². The van der Waals surface area contributed by atoms with Gasteiger partial charge in [-0.3, -0.25) is 0 Å². The molecular weight excluding hydrogens is 238 g/mol. The summed E-state index contributed by atoms with van der Waals surface area (Å²) in [6, 6.07) is 8.16. The van der Waals surface area contributed by atoms with Crippen molar-refractivity contribution >= 4 is 0 Å². The molecule has 19 heavy (non-hydrogen) atoms. The van der Waals surface area contributed by atoms with E-state index in [1.165, 1.54) is 5.56 Å². The quantitative estimate of drug-likeness (QED) is 0.695. The molecule has 1 atom stereocenters. The van der Waals surface area contributed by atoms with Crippen LogP contribution in [0.2, 0.25) is 0 Å². The molecule has 0 amide bonds. The summed E-state index contributed by atoms with van der Waals surface area (Å²) in [5, 5.41) is 3.12. The lowest BCUT2D eigenvalue weighted by molar-refractivity contribution is 0.0331. The van der Waals surface area contributed by atoms with Gasteiger partial charge < -0.3 is 14.8 Å². The van der Waals surface area contributed by atoms with Crippen LogP contribution >= 0.6 is 0 Å². The van der Waals surface area contributed by atoms with Gasteiger partial charge in [0.15, 0.2) is 0 Å². The van der Waals surface area contributed by atoms with Gasteiger partial charge in [-0.05, 0) is 44.0 Å². The van der Waals surface area contributed by atoms with Gasteiger partial charge in [-0.2, -0.15) is 0 Å². The van der Waals surface area contributed by atoms with Gasteiger partial charge in [0.2, 0.25) is 0 Å². The molecule has 0 fully saturated rings. The topological polar surface area (TPSA) is 30.5 Å². The second kappa shape index (κ2) is 8.94. The van der Waals surface area contributed by atoms with Crippen molar-refractivity contribution in [3.8, 4) is 5.75 Å². The van der Waals surface area contributed by atoms with Crippen molar-refractivity contribution in [1.29, 1.82) is 0 Å². The lowest BCUT2D eigenvalue weighted by atomic mass is 10.1. The highest BCUT2D eigenvalue weighted by Crippen LogP contribution is 2.12. The summed E-state index contributed by atoms with van der Waals surface area (Å²) in [6.07, 6.45) is 1.40. The highest BCUT2D eigenvalue weighted by atomic mass is 16.5. The van der Waals surface area contributed by atoms with Crippen LogP contribution < -0.4 is 10.1 Å². The number of benzene rings is 1. The number of nitrogens with one attached hydrogen (secondary N) is 1. The van der Waals surface area contributed by atoms with E-state index >= 15 is 0 Å². The summed E-state index contributed by atoms with van der Waals surface area (Å²) in [4.78, 5) is 0. The van der Waals surface area contributed by atoms with E-state index in [9.17, 15) is 0 Å². The van der Waals surface area contributed by atoms with Gasteiger partial charge in [-0.15, -0.1) is 0 Å². The zero-order valence-electron chi connectivity index (χ0n) is 12.6. The number of ether oxygens (including phenoxy) is 2. The minimum atomic E-state index is 0.307. The highest BCUT2D eigenvalue weighted by molar-refractivity contribution is 5.27. The van der Waals surface area contributed by atoms with Gasteiger partial charge in [0.1, 0.15) is 12.4 Å². The van der Waals surface area contributed by atoms with Crippen molar-refractivity contribution in [1.82, 2.24) is 5.32 Å². The van der Waals surface area contributed by atoms with E-state index in [0.29, 0.717) is 25.2 Å². The zero-order valence-corrected chi connectivity index (χ0v) is 12.6. The predicted octanol–water partition coefficient (Wildman–Crippen LogP) is 3.24. The van der Waals surface area contributed by atoms with E-state index in [4.69, 9.17) is 9.47 Å². The number of hydrogen-bond donors (Lipinski definition) is 1. The maximum Gasteiger partial charge on any atom is 0.119 e. The molecule has 3 nitrogen and oxygen atoms in total. The summed E-state index contributed by atoms with van der Waals surface area (Å²) in [5.74, 6) is 1.58. The van der Waals surface area contributed by atoms with Crippen molar-refractivity contribution < 1.29 is 9.47 Å². The molecule has 0 spiro atoms. The van der Waals surface area contributed by atoms with E-state index in [1.54, 1.807) is 0 Å². The molecule has 0 aliphatic carbocycles. The lowest BCUT2D eigenvalue weighted by Gasteiger charge is -2.15. The Morgan fingerprint density at radius 3 is 2.32 bits per heavy atom. The van der Waals surface area contributed by atoms with Crippen LogP contribution in [0.15, 0.2) is 24.3 Å². The third-order valence-corrected chi connectivity index (χ3v) is 2.86. The van der Waals surface area contributed by atoms with Crippen molar-refractivity contribution in [2.75, 3.05) is 20.3 Å². The van der Waals surface area contributed by atoms with Crippen LogP contribution in [0.4, 0.5) is 0 Å². The average Bonchev–Trinajstić information content (AvgIpc) is 2.36. The Morgan fingerprint density at radius 1 is 1.05 bits per heavy atom. The Kier molecular flexibility index (Phi) is 7.53. The summed E-state index contributed by atoms with van der Waals surface area (Å²) in [6.45, 7) is 8.68. The largest absolute Gasteiger partial charge is 0.491 e. The molecule has 0 aliphatic rings. The fourth-order valence-electron chi connectivity index (χ4n) is 2.05. The molecule has 1 N–H and O–H groups in total. The van der Waals surface area contributed by atoms with Crippen LogP contribution in [0.3, 0.4) is 0 Å². The van der Waals surface area contributed by atoms with Crippen LogP contribution in [0, 0.1) is 5.92 Å². The zero-order chi connectivity index (χ0) is 14.1. The second-order valence-corrected chi connectivity index (χ2v) is 5.33. The summed E-state index contributed by atoms with van der Waals surface area (Å²) >= 11 is 0. The first kappa shape index (κ1) is 16.0. The standard InChI is InChI=1S/C16H27NO2/c1-13(2)11-14(3)18-9-10-19-16-7-5-15(6-8-16)12-17-4/h5-8,13-14,17H,9-12H2,1-4H3. The minimum absolute atomic E-state index is 0.307. The first-order chi connectivity index (χ1) is 9.11. The SMILES string of the molecule is CNCc1ccc(OCCOC(C)CC(C)C)cc1. The number of rotatable bonds is 9. The van der Waals surface area contributed by atoms with Crippen molar-refractivity contribution in [2.24, 2.45) is 5.92 Å². The van der Waals surface area contributed by atoms with E-state index in [-0.39, 0.29) is 0 Å². The maximum atomic E-state index is 5.70. The van der Waals surface area contributed by atoms with Crippen molar-refractivity contribution in [3.63, 3.8) is 0 Å². The number of hydrogen-bond acceptors (Lipinski definition) is 3. The van der Waals surface area contributed by atoms with Crippen LogP contribution in [-0.2, 0) is 11.3 Å². The first-order valence-corrected chi connectivity index (χ1v) is 7.09. The lowest BCUT2D eigenvalue weighted by Crippen LogP contribution is -2.16. The van der Waals surface area contributed by atoms with Crippen molar-refractivity contribution in [3.05, 3.63) is 29.8 Å². The molecule has 3 heteroatoms. The third kappa shape index (κ3) is 7.19. The van der Waals surface area contributed by atoms with Gasteiger partial charge in [-0.1, -0.05) is 26.0 Å². The molecule has 0 bridgehead atoms. The molecule has 1 aromatic rings. The van der Waals surface area contributed by atoms with E-state index < -0.39 is 0 Å². The Labute approximate surface area is 117 Å². The van der Waals surface area contributed by atoms with Gasteiger partial charge in [0, 0.05) is 6.54 Å². The normalized spacial score (nSPS) is 12.7. The molecule has 0 aromatic heterocycles. The Bertz CT molecular complexity index is 335. The van der Waals surface area contributed by atoms with Crippen LogP contribution in [0.1, 0.15) is 32.8 Å². The molecule has 0 heterocycles. The molecule has 108 valence electrons. The molecule has 0 saturated heterocycles. The molecular formula is C16H27NO2. The predicted molar refractivity (Wildman–Crippen MR) is 79.6 cm³/mol. The van der Waals surface area contributed by atoms with E-state index in [1.807, 2.05) is 19.2 Å². The van der Waals surface area contributed by atoms with Crippen LogP contribution in [-0.4, -0.2) is 26.4 Å². The average molecular weight is 265 g/mol. The Hall–Kier alpha value is -1.06. The maximum absolute atomic E-state index is 5.70. The van der Waals surface area contributed by atoms with Crippen LogP contribution in [0.5, 0.6) is 5.75 Å². The molecule has 1 unspecified atom stereocenters. The molecule has 0 radical (unpaired) electrons. The van der Waals surface area contributed by atoms with E-state index in [2.05, 4.69) is 38.2 Å². The van der Waals surface area contributed by atoms with Gasteiger partial charge >= 0.3 is 0 Å². The van der Waals surface area contributed by atoms with Gasteiger partial charge in [0.25, 0.3) is 0 Å². The molecule has 1 aromatic carbocycles. The van der Waals surface area contributed by atoms with Crippen molar-refractivity contribution in [2.45, 2.75) is 39.8 Å². The van der Waals surface area contributed by atoms with Gasteiger partial charge in [0.05, 0.1) is 12.7 Å². The second-order valence-electron chi connectivity index (χ2n) is 5.33. The van der Waals surface area contributed by atoms with Crippen LogP contribution in [0.25, 0.3) is 0 Å². The van der Waals surface area contributed by atoms with Gasteiger partial charge in [-0.25, -0.2) is 0 Å². The fraction of sp³-hybridized carbons (Fsp3) is 0.625. The first-order valence-electron chi connectivity index (χ1n) is 7.09. The fourth-order valence-corrected chi connectivity index (χ4v) is 2.05. The highest BCUT2D eigenvalue weighted by Gasteiger charge is 2.04. The smallest absolute Gasteiger partial charge is 0.119 e. The molecule has 1 rings (SSSR count). The molecule has 0 aliphatic heterocycles. The Morgan fingerprint density at radius 2 is 1.74 bits per heavy atom. The summed E-state index contributed by atoms with van der Waals surface area (Å²) < 4.78 is 11.4. The molecule has 0 saturated carbocycles. The Balaban J connectivity index is 2.18. The monoisotopic (exact) mass is 265 g/mol. The third-order valence-electron chi connectivity index (χ3n) is 2.86.